The Kier molecular flexibility index (Phi) is 5.06. The number of nitrogens with one attached hydrogen (secondary N) is 1. The highest BCUT2D eigenvalue weighted by molar-refractivity contribution is 5.92. The molecule has 1 atom stereocenters. The summed E-state index contributed by atoms with van der Waals surface area (Å²) < 4.78 is 5.12. The summed E-state index contributed by atoms with van der Waals surface area (Å²) in [7, 11) is 1.61. The van der Waals surface area contributed by atoms with Crippen molar-refractivity contribution in [3.8, 4) is 18.1 Å². The van der Waals surface area contributed by atoms with Crippen molar-refractivity contribution in [2.45, 2.75) is 19.9 Å². The zero-order chi connectivity index (χ0) is 13.5. The van der Waals surface area contributed by atoms with Crippen molar-refractivity contribution < 1.29 is 4.74 Å². The van der Waals surface area contributed by atoms with Crippen molar-refractivity contribution in [3.63, 3.8) is 0 Å². The van der Waals surface area contributed by atoms with Gasteiger partial charge in [0, 0.05) is 11.8 Å². The molecule has 1 aromatic carbocycles. The monoisotopic (exact) mass is 245 g/mol. The van der Waals surface area contributed by atoms with Gasteiger partial charge in [0.15, 0.2) is 5.96 Å². The molecule has 0 fully saturated rings. The summed E-state index contributed by atoms with van der Waals surface area (Å²) in [5, 5.41) is 2.99. The third-order valence-electron chi connectivity index (χ3n) is 2.42. The van der Waals surface area contributed by atoms with Gasteiger partial charge in [0.1, 0.15) is 11.8 Å². The number of hydrogen-bond acceptors (Lipinski definition) is 2. The highest BCUT2D eigenvalue weighted by Crippen LogP contribution is 2.16. The van der Waals surface area contributed by atoms with Crippen LogP contribution in [-0.2, 0) is 0 Å². The van der Waals surface area contributed by atoms with Crippen LogP contribution in [0.25, 0.3) is 0 Å². The smallest absolute Gasteiger partial charge is 0.194 e. The van der Waals surface area contributed by atoms with Crippen LogP contribution in [0.3, 0.4) is 0 Å². The summed E-state index contributed by atoms with van der Waals surface area (Å²) in [5.74, 6) is 3.92. The lowest BCUT2D eigenvalue weighted by molar-refractivity contribution is 0.415. The van der Waals surface area contributed by atoms with Gasteiger partial charge < -0.3 is 15.8 Å². The Hall–Kier alpha value is -2.15. The molecule has 1 rings (SSSR count). The summed E-state index contributed by atoms with van der Waals surface area (Å²) in [4.78, 5) is 4.25. The largest absolute Gasteiger partial charge is 0.497 e. The first-order valence-electron chi connectivity index (χ1n) is 5.77. The fourth-order valence-electron chi connectivity index (χ4n) is 1.41. The van der Waals surface area contributed by atoms with Crippen LogP contribution in [0, 0.1) is 18.3 Å². The minimum absolute atomic E-state index is 0.219. The van der Waals surface area contributed by atoms with E-state index in [4.69, 9.17) is 16.9 Å². The molecule has 3 N–H and O–H groups in total. The molecule has 0 amide bonds. The first-order chi connectivity index (χ1) is 8.56. The van der Waals surface area contributed by atoms with Crippen LogP contribution in [0.1, 0.15) is 13.8 Å². The summed E-state index contributed by atoms with van der Waals surface area (Å²) in [6, 6.07) is 7.23. The molecular formula is C14H19N3O. The Morgan fingerprint density at radius 2 is 2.22 bits per heavy atom. The van der Waals surface area contributed by atoms with Gasteiger partial charge in [-0.3, -0.25) is 0 Å². The van der Waals surface area contributed by atoms with Gasteiger partial charge in [0.25, 0.3) is 0 Å². The number of hydrogen-bond donors (Lipinski definition) is 2. The van der Waals surface area contributed by atoms with Crippen LogP contribution in [0.15, 0.2) is 29.3 Å². The van der Waals surface area contributed by atoms with Crippen LogP contribution >= 0.6 is 0 Å². The van der Waals surface area contributed by atoms with Crippen molar-refractivity contribution in [1.82, 2.24) is 0 Å². The van der Waals surface area contributed by atoms with Crippen molar-refractivity contribution in [3.05, 3.63) is 24.3 Å². The van der Waals surface area contributed by atoms with Gasteiger partial charge in [-0.2, -0.15) is 0 Å². The number of ether oxygens (including phenoxy) is 1. The predicted molar refractivity (Wildman–Crippen MR) is 75.7 cm³/mol. The van der Waals surface area contributed by atoms with Crippen molar-refractivity contribution in [2.75, 3.05) is 12.4 Å². The molecule has 0 saturated heterocycles. The maximum Gasteiger partial charge on any atom is 0.194 e. The van der Waals surface area contributed by atoms with E-state index in [0.29, 0.717) is 5.96 Å². The van der Waals surface area contributed by atoms with Crippen molar-refractivity contribution >= 4 is 11.6 Å². The molecule has 1 aromatic rings. The fraction of sp³-hybridized carbons (Fsp3) is 0.357. The zero-order valence-corrected chi connectivity index (χ0v) is 11.0. The molecule has 0 aromatic heterocycles. The van der Waals surface area contributed by atoms with E-state index in [1.807, 2.05) is 38.1 Å². The molecular weight excluding hydrogens is 226 g/mol. The number of benzene rings is 1. The maximum absolute atomic E-state index is 5.81. The Morgan fingerprint density at radius 3 is 2.78 bits per heavy atom. The first-order valence-corrected chi connectivity index (χ1v) is 5.77. The fourth-order valence-corrected chi connectivity index (χ4v) is 1.41. The molecule has 0 aliphatic rings. The predicted octanol–water partition coefficient (Wildman–Crippen LogP) is 2.08. The van der Waals surface area contributed by atoms with E-state index < -0.39 is 0 Å². The van der Waals surface area contributed by atoms with Gasteiger partial charge in [-0.1, -0.05) is 25.8 Å². The van der Waals surface area contributed by atoms with E-state index in [2.05, 4.69) is 16.2 Å². The topological polar surface area (TPSA) is 59.6 Å². The van der Waals surface area contributed by atoms with Gasteiger partial charge in [-0.25, -0.2) is 4.99 Å². The molecule has 0 aliphatic carbocycles. The molecule has 4 heteroatoms. The number of rotatable bonds is 4. The Bertz CT molecular complexity index is 460. The number of anilines is 1. The van der Waals surface area contributed by atoms with Crippen LogP contribution in [0.2, 0.25) is 0 Å². The minimum atomic E-state index is -0.219. The highest BCUT2D eigenvalue weighted by atomic mass is 16.5. The SMILES string of the molecule is C#CC(N=C(N)Nc1cccc(OC)c1)C(C)C. The molecule has 96 valence electrons. The number of methoxy groups -OCH3 is 1. The average Bonchev–Trinajstić information content (AvgIpc) is 2.35. The Labute approximate surface area is 108 Å². The standard InChI is InChI=1S/C14H19N3O/c1-5-13(10(2)3)17-14(15)16-11-7-6-8-12(9-11)18-4/h1,6-10,13H,2-4H3,(H3,15,16,17). The minimum Gasteiger partial charge on any atom is -0.497 e. The molecule has 0 radical (unpaired) electrons. The summed E-state index contributed by atoms with van der Waals surface area (Å²) in [5.41, 5.74) is 6.63. The van der Waals surface area contributed by atoms with Gasteiger partial charge >= 0.3 is 0 Å². The third kappa shape index (κ3) is 4.02. The van der Waals surface area contributed by atoms with E-state index in [0.717, 1.165) is 11.4 Å². The van der Waals surface area contributed by atoms with Gasteiger partial charge in [0.05, 0.1) is 7.11 Å². The number of nitrogens with two attached hydrogens (primary N) is 1. The molecule has 18 heavy (non-hydrogen) atoms. The first kappa shape index (κ1) is 13.9. The summed E-state index contributed by atoms with van der Waals surface area (Å²) in [6.45, 7) is 4.01. The zero-order valence-electron chi connectivity index (χ0n) is 11.0. The molecule has 1 unspecified atom stereocenters. The summed E-state index contributed by atoms with van der Waals surface area (Å²) in [6.07, 6.45) is 5.40. The number of terminal acetylenes is 1. The van der Waals surface area contributed by atoms with Gasteiger partial charge in [-0.05, 0) is 18.1 Å². The third-order valence-corrected chi connectivity index (χ3v) is 2.42. The van der Waals surface area contributed by atoms with Crippen LogP contribution in [0.5, 0.6) is 5.75 Å². The van der Waals surface area contributed by atoms with E-state index in [1.165, 1.54) is 0 Å². The Morgan fingerprint density at radius 1 is 1.50 bits per heavy atom. The van der Waals surface area contributed by atoms with Crippen molar-refractivity contribution in [2.24, 2.45) is 16.6 Å². The second-order valence-corrected chi connectivity index (χ2v) is 4.23. The molecule has 0 heterocycles. The lowest BCUT2D eigenvalue weighted by atomic mass is 10.1. The molecule has 0 aliphatic heterocycles. The van der Waals surface area contributed by atoms with Crippen molar-refractivity contribution in [1.29, 1.82) is 0 Å². The average molecular weight is 245 g/mol. The number of guanidine groups is 1. The van der Waals surface area contributed by atoms with E-state index in [-0.39, 0.29) is 12.0 Å². The molecule has 0 bridgehead atoms. The van der Waals surface area contributed by atoms with Gasteiger partial charge in [0.2, 0.25) is 0 Å². The molecule has 4 nitrogen and oxygen atoms in total. The number of nitrogens with zero attached hydrogens (tertiary/aromatic N) is 1. The van der Waals surface area contributed by atoms with E-state index in [9.17, 15) is 0 Å². The summed E-state index contributed by atoms with van der Waals surface area (Å²) >= 11 is 0. The maximum atomic E-state index is 5.81. The second kappa shape index (κ2) is 6.55. The van der Waals surface area contributed by atoms with Crippen LogP contribution in [0.4, 0.5) is 5.69 Å². The van der Waals surface area contributed by atoms with Crippen LogP contribution in [-0.4, -0.2) is 19.1 Å². The van der Waals surface area contributed by atoms with Crippen LogP contribution < -0.4 is 15.8 Å². The Balaban J connectivity index is 2.77. The molecule has 0 saturated carbocycles. The van der Waals surface area contributed by atoms with E-state index >= 15 is 0 Å². The van der Waals surface area contributed by atoms with E-state index in [1.54, 1.807) is 7.11 Å². The lowest BCUT2D eigenvalue weighted by Crippen LogP contribution is -2.26. The van der Waals surface area contributed by atoms with Gasteiger partial charge in [-0.15, -0.1) is 6.42 Å². The highest BCUT2D eigenvalue weighted by Gasteiger charge is 2.08. The normalized spacial score (nSPS) is 12.9. The lowest BCUT2D eigenvalue weighted by Gasteiger charge is -2.12. The number of aliphatic imine (C=N–C) groups is 1. The second-order valence-electron chi connectivity index (χ2n) is 4.23. The molecule has 0 spiro atoms. The quantitative estimate of drug-likeness (QED) is 0.485.